The molecule has 1 aromatic carbocycles. The maximum absolute atomic E-state index is 11.3. The van der Waals surface area contributed by atoms with Gasteiger partial charge in [-0.15, -0.1) is 0 Å². The Labute approximate surface area is 105 Å². The quantitative estimate of drug-likeness (QED) is 0.638. The molecule has 0 atom stereocenters. The first-order chi connectivity index (χ1) is 8.46. The smallest absolute Gasteiger partial charge is 0.229 e. The van der Waals surface area contributed by atoms with Gasteiger partial charge in [0.15, 0.2) is 0 Å². The van der Waals surface area contributed by atoms with Crippen LogP contribution in [-0.4, -0.2) is 32.7 Å². The molecular weight excluding hydrogens is 256 g/mol. The molecule has 0 amide bonds. The van der Waals surface area contributed by atoms with Gasteiger partial charge >= 0.3 is 0 Å². The van der Waals surface area contributed by atoms with Crippen LogP contribution in [0.5, 0.6) is 5.75 Å². The van der Waals surface area contributed by atoms with Gasteiger partial charge in [0.25, 0.3) is 0 Å². The zero-order valence-corrected chi connectivity index (χ0v) is 10.9. The Bertz CT molecular complexity index is 608. The van der Waals surface area contributed by atoms with Gasteiger partial charge in [-0.2, -0.15) is 0 Å². The molecule has 0 spiro atoms. The van der Waals surface area contributed by atoms with Crippen LogP contribution in [0.4, 0.5) is 5.69 Å². The fourth-order valence-electron chi connectivity index (χ4n) is 2.14. The van der Waals surface area contributed by atoms with Gasteiger partial charge in [0.2, 0.25) is 10.0 Å². The van der Waals surface area contributed by atoms with E-state index >= 15 is 0 Å². The van der Waals surface area contributed by atoms with Crippen molar-refractivity contribution < 1.29 is 18.4 Å². The first-order valence-electron chi connectivity index (χ1n) is 5.35. The number of nitrogens with zero attached hydrogens (tertiary/aromatic N) is 1. The molecule has 0 bridgehead atoms. The Morgan fingerprint density at radius 3 is 2.67 bits per heavy atom. The van der Waals surface area contributed by atoms with Crippen molar-refractivity contribution in [2.45, 2.75) is 12.8 Å². The van der Waals surface area contributed by atoms with Crippen molar-refractivity contribution in [3.63, 3.8) is 0 Å². The number of ether oxygens (including phenoxy) is 1. The summed E-state index contributed by atoms with van der Waals surface area (Å²) >= 11 is 0. The van der Waals surface area contributed by atoms with Gasteiger partial charge in [0.05, 0.1) is 24.8 Å². The molecule has 0 aromatic heterocycles. The highest BCUT2D eigenvalue weighted by Gasteiger charge is 2.24. The summed E-state index contributed by atoms with van der Waals surface area (Å²) in [6.45, 7) is 0. The van der Waals surface area contributed by atoms with Gasteiger partial charge in [0, 0.05) is 11.1 Å². The summed E-state index contributed by atoms with van der Waals surface area (Å²) in [5.74, 6) is 0.483. The highest BCUT2D eigenvalue weighted by molar-refractivity contribution is 7.92. The number of rotatable bonds is 3. The maximum Gasteiger partial charge on any atom is 0.229 e. The number of hydrogen-bond acceptors (Lipinski definition) is 5. The summed E-state index contributed by atoms with van der Waals surface area (Å²) in [5.41, 5.74) is 2.65. The van der Waals surface area contributed by atoms with E-state index in [1.54, 1.807) is 12.1 Å². The van der Waals surface area contributed by atoms with Crippen molar-refractivity contribution in [3.8, 4) is 5.75 Å². The van der Waals surface area contributed by atoms with E-state index in [1.807, 2.05) is 0 Å². The molecule has 6 nitrogen and oxygen atoms in total. The van der Waals surface area contributed by atoms with Crippen molar-refractivity contribution in [1.82, 2.24) is 0 Å². The van der Waals surface area contributed by atoms with Gasteiger partial charge in [-0.25, -0.2) is 8.42 Å². The number of fused-ring (bicyclic) bond motifs is 1. The van der Waals surface area contributed by atoms with Crippen molar-refractivity contribution >= 4 is 21.4 Å². The molecule has 18 heavy (non-hydrogen) atoms. The van der Waals surface area contributed by atoms with E-state index in [0.717, 1.165) is 17.4 Å². The van der Waals surface area contributed by atoms with Crippen molar-refractivity contribution in [1.29, 1.82) is 0 Å². The predicted molar refractivity (Wildman–Crippen MR) is 68.1 cm³/mol. The molecule has 0 saturated heterocycles. The molecule has 0 fully saturated rings. The average molecular weight is 270 g/mol. The molecule has 7 heteroatoms. The molecule has 0 radical (unpaired) electrons. The van der Waals surface area contributed by atoms with Crippen LogP contribution in [0.25, 0.3) is 0 Å². The van der Waals surface area contributed by atoms with Gasteiger partial charge in [-0.3, -0.25) is 4.72 Å². The Morgan fingerprint density at radius 1 is 1.39 bits per heavy atom. The topological polar surface area (TPSA) is 88.0 Å². The van der Waals surface area contributed by atoms with E-state index in [-0.39, 0.29) is 0 Å². The highest BCUT2D eigenvalue weighted by Crippen LogP contribution is 2.37. The summed E-state index contributed by atoms with van der Waals surface area (Å²) in [5, 5.41) is 12.1. The molecule has 0 heterocycles. The summed E-state index contributed by atoms with van der Waals surface area (Å²) in [7, 11) is -1.87. The number of oxime groups is 1. The minimum absolute atomic E-state index is 0.401. The van der Waals surface area contributed by atoms with Crippen LogP contribution in [0.3, 0.4) is 0 Å². The average Bonchev–Trinajstić information content (AvgIpc) is 2.69. The van der Waals surface area contributed by atoms with Crippen molar-refractivity contribution in [2.24, 2.45) is 5.16 Å². The molecule has 98 valence electrons. The van der Waals surface area contributed by atoms with Crippen LogP contribution in [-0.2, 0) is 16.4 Å². The molecule has 0 saturated carbocycles. The van der Waals surface area contributed by atoms with Crippen LogP contribution in [0, 0.1) is 0 Å². The maximum atomic E-state index is 11.3. The molecule has 2 rings (SSSR count). The van der Waals surface area contributed by atoms with Crippen molar-refractivity contribution in [3.05, 3.63) is 23.3 Å². The minimum Gasteiger partial charge on any atom is -0.494 e. The second-order valence-corrected chi connectivity index (χ2v) is 5.84. The summed E-state index contributed by atoms with van der Waals surface area (Å²) in [6.07, 6.45) is 2.36. The zero-order valence-electron chi connectivity index (χ0n) is 10.1. The van der Waals surface area contributed by atoms with E-state index < -0.39 is 10.0 Å². The van der Waals surface area contributed by atoms with Crippen LogP contribution in [0.1, 0.15) is 17.5 Å². The fourth-order valence-corrected chi connectivity index (χ4v) is 2.70. The van der Waals surface area contributed by atoms with E-state index in [9.17, 15) is 8.42 Å². The second-order valence-electron chi connectivity index (χ2n) is 4.09. The first-order valence-corrected chi connectivity index (χ1v) is 7.24. The van der Waals surface area contributed by atoms with E-state index in [4.69, 9.17) is 9.94 Å². The number of methoxy groups -OCH3 is 1. The summed E-state index contributed by atoms with van der Waals surface area (Å²) in [4.78, 5) is 0. The van der Waals surface area contributed by atoms with E-state index in [2.05, 4.69) is 9.88 Å². The zero-order chi connectivity index (χ0) is 13.3. The van der Waals surface area contributed by atoms with Gasteiger partial charge in [-0.1, -0.05) is 11.2 Å². The van der Waals surface area contributed by atoms with Crippen LogP contribution in [0.15, 0.2) is 17.3 Å². The Hall–Kier alpha value is -1.76. The summed E-state index contributed by atoms with van der Waals surface area (Å²) in [6, 6.07) is 3.34. The van der Waals surface area contributed by atoms with Crippen LogP contribution in [0.2, 0.25) is 0 Å². The Balaban J connectivity index is 2.54. The highest BCUT2D eigenvalue weighted by atomic mass is 32.2. The third kappa shape index (κ3) is 2.26. The molecular formula is C11H14N2O4S. The standard InChI is InChI=1S/C11H14N2O4S/c1-17-11-8-4-5-9(12-14)7(8)3-6-10(11)13-18(2,15)16/h3,6,13-14H,4-5H2,1-2H3/b12-9+. The van der Waals surface area contributed by atoms with Crippen LogP contribution >= 0.6 is 0 Å². The first kappa shape index (κ1) is 12.7. The molecule has 1 aromatic rings. The Kier molecular flexibility index (Phi) is 3.16. The molecule has 1 aliphatic rings. The van der Waals surface area contributed by atoms with E-state index in [1.165, 1.54) is 7.11 Å². The lowest BCUT2D eigenvalue weighted by Gasteiger charge is -2.13. The molecule has 1 aliphatic carbocycles. The summed E-state index contributed by atoms with van der Waals surface area (Å²) < 4.78 is 30.2. The molecule has 0 unspecified atom stereocenters. The third-order valence-electron chi connectivity index (χ3n) is 2.80. The SMILES string of the molecule is COc1c(NS(C)(=O)=O)ccc2c1CC/C2=N\O. The number of benzene rings is 1. The third-order valence-corrected chi connectivity index (χ3v) is 3.39. The molecule has 0 aliphatic heterocycles. The van der Waals surface area contributed by atoms with Gasteiger partial charge < -0.3 is 9.94 Å². The lowest BCUT2D eigenvalue weighted by Crippen LogP contribution is -2.11. The lowest BCUT2D eigenvalue weighted by atomic mass is 10.1. The second kappa shape index (κ2) is 4.49. The lowest BCUT2D eigenvalue weighted by molar-refractivity contribution is 0.318. The van der Waals surface area contributed by atoms with Crippen LogP contribution < -0.4 is 9.46 Å². The predicted octanol–water partition coefficient (Wildman–Crippen LogP) is 1.19. The molecule has 2 N–H and O–H groups in total. The van der Waals surface area contributed by atoms with E-state index in [0.29, 0.717) is 30.0 Å². The van der Waals surface area contributed by atoms with Gasteiger partial charge in [-0.05, 0) is 18.9 Å². The number of nitrogens with one attached hydrogen (secondary N) is 1. The minimum atomic E-state index is -3.36. The largest absolute Gasteiger partial charge is 0.494 e. The fraction of sp³-hybridized carbons (Fsp3) is 0.364. The number of anilines is 1. The normalized spacial score (nSPS) is 16.7. The van der Waals surface area contributed by atoms with Gasteiger partial charge in [0.1, 0.15) is 5.75 Å². The monoisotopic (exact) mass is 270 g/mol. The Morgan fingerprint density at radius 2 is 2.11 bits per heavy atom. The number of sulfonamides is 1. The number of hydrogen-bond donors (Lipinski definition) is 2. The van der Waals surface area contributed by atoms with Crippen molar-refractivity contribution in [2.75, 3.05) is 18.1 Å².